The number of hydrogen-bond acceptors (Lipinski definition) is 5. The molecule has 2 heterocycles. The van der Waals surface area contributed by atoms with Crippen LogP contribution in [0.15, 0.2) is 60.0 Å². The molecule has 3 N–H and O–H groups in total. The number of benzene rings is 2. The minimum absolute atomic E-state index is 0.225. The molecule has 8 heteroatoms. The first kappa shape index (κ1) is 22.5. The quantitative estimate of drug-likeness (QED) is 0.559. The number of halogens is 1. The maximum absolute atomic E-state index is 13.7. The van der Waals surface area contributed by atoms with E-state index in [4.69, 9.17) is 17.3 Å². The fourth-order valence-electron chi connectivity index (χ4n) is 4.25. The van der Waals surface area contributed by atoms with Crippen molar-refractivity contribution in [1.82, 2.24) is 4.98 Å². The van der Waals surface area contributed by atoms with Crippen LogP contribution in [0.5, 0.6) is 0 Å². The van der Waals surface area contributed by atoms with Gasteiger partial charge in [0.05, 0.1) is 18.0 Å². The minimum atomic E-state index is -0.995. The van der Waals surface area contributed by atoms with Crippen LogP contribution in [0, 0.1) is 5.92 Å². The van der Waals surface area contributed by atoms with E-state index in [1.54, 1.807) is 11.0 Å². The van der Waals surface area contributed by atoms with E-state index in [2.05, 4.69) is 4.98 Å². The fraction of sp³-hybridized carbons (Fsp3) is 0.292. The van der Waals surface area contributed by atoms with Gasteiger partial charge < -0.3 is 10.8 Å². The molecule has 1 unspecified atom stereocenters. The highest BCUT2D eigenvalue weighted by molar-refractivity contribution is 7.14. The van der Waals surface area contributed by atoms with Gasteiger partial charge in [-0.05, 0) is 30.4 Å². The zero-order valence-corrected chi connectivity index (χ0v) is 18.9. The van der Waals surface area contributed by atoms with Crippen LogP contribution < -0.4 is 10.6 Å². The Kier molecular flexibility index (Phi) is 6.89. The van der Waals surface area contributed by atoms with Crippen molar-refractivity contribution >= 4 is 39.9 Å². The Hall–Kier alpha value is -2.74. The van der Waals surface area contributed by atoms with E-state index < -0.39 is 11.9 Å². The van der Waals surface area contributed by atoms with E-state index >= 15 is 0 Å². The summed E-state index contributed by atoms with van der Waals surface area (Å²) in [5, 5.41) is 12.5. The molecule has 2 aromatic carbocycles. The van der Waals surface area contributed by atoms with Crippen molar-refractivity contribution in [3.8, 4) is 11.3 Å². The van der Waals surface area contributed by atoms with Gasteiger partial charge in [0.15, 0.2) is 5.13 Å². The number of carboxylic acids is 1. The van der Waals surface area contributed by atoms with Gasteiger partial charge in [0.2, 0.25) is 5.91 Å². The lowest BCUT2D eigenvalue weighted by molar-refractivity contribution is -0.141. The van der Waals surface area contributed by atoms with Crippen molar-refractivity contribution in [2.75, 3.05) is 11.4 Å². The highest BCUT2D eigenvalue weighted by atomic mass is 35.5. The molecular weight excluding hydrogens is 446 g/mol. The lowest BCUT2D eigenvalue weighted by Crippen LogP contribution is -2.48. The second-order valence-electron chi connectivity index (χ2n) is 8.00. The first-order valence-electron chi connectivity index (χ1n) is 10.5. The number of carbonyl (C=O) groups is 2. The number of anilines is 1. The van der Waals surface area contributed by atoms with Gasteiger partial charge in [0.25, 0.3) is 0 Å². The molecule has 1 aliphatic heterocycles. The average Bonchev–Trinajstić information content (AvgIpc) is 3.26. The lowest BCUT2D eigenvalue weighted by atomic mass is 9.78. The van der Waals surface area contributed by atoms with Gasteiger partial charge in [-0.15, -0.1) is 11.3 Å². The molecule has 0 aliphatic carbocycles. The molecule has 1 amide bonds. The van der Waals surface area contributed by atoms with E-state index in [0.29, 0.717) is 35.2 Å². The standard InChI is InChI=1S/C24H24ClN3O3S/c25-20-9-5-4-8-18(20)21-14-32-24(27-21)28-13-16(26)10-11-17(15-6-2-1-3-7-15)19(23(28)31)12-22(29)30/h1-9,14,16-17,19H,10-13,26H2,(H,29,30)/t16?,17-,19+/m1/s1. The summed E-state index contributed by atoms with van der Waals surface area (Å²) >= 11 is 7.65. The smallest absolute Gasteiger partial charge is 0.304 e. The summed E-state index contributed by atoms with van der Waals surface area (Å²) < 4.78 is 0. The predicted molar refractivity (Wildman–Crippen MR) is 127 cm³/mol. The molecule has 1 saturated heterocycles. The Morgan fingerprint density at radius 1 is 1.16 bits per heavy atom. The number of amides is 1. The third-order valence-electron chi connectivity index (χ3n) is 5.83. The van der Waals surface area contributed by atoms with Gasteiger partial charge in [0.1, 0.15) is 0 Å². The van der Waals surface area contributed by atoms with Gasteiger partial charge in [-0.3, -0.25) is 14.5 Å². The fourth-order valence-corrected chi connectivity index (χ4v) is 5.33. The molecule has 3 aromatic rings. The molecule has 0 bridgehead atoms. The topological polar surface area (TPSA) is 96.5 Å². The van der Waals surface area contributed by atoms with E-state index in [0.717, 1.165) is 11.1 Å². The van der Waals surface area contributed by atoms with Crippen LogP contribution in [-0.4, -0.2) is 34.6 Å². The van der Waals surface area contributed by atoms with Crippen molar-refractivity contribution in [1.29, 1.82) is 0 Å². The summed E-state index contributed by atoms with van der Waals surface area (Å²) in [6, 6.07) is 16.8. The maximum atomic E-state index is 13.7. The van der Waals surface area contributed by atoms with Gasteiger partial charge in [-0.25, -0.2) is 4.98 Å². The molecule has 6 nitrogen and oxygen atoms in total. The first-order valence-corrected chi connectivity index (χ1v) is 11.7. The Morgan fingerprint density at radius 2 is 1.88 bits per heavy atom. The van der Waals surface area contributed by atoms with E-state index in [-0.39, 0.29) is 24.3 Å². The van der Waals surface area contributed by atoms with Gasteiger partial charge >= 0.3 is 5.97 Å². The summed E-state index contributed by atoms with van der Waals surface area (Å²) in [5.41, 5.74) is 8.78. The molecule has 1 fully saturated rings. The van der Waals surface area contributed by atoms with Crippen LogP contribution in [-0.2, 0) is 9.59 Å². The molecule has 0 radical (unpaired) electrons. The molecule has 3 atom stereocenters. The van der Waals surface area contributed by atoms with Gasteiger partial charge in [-0.2, -0.15) is 0 Å². The van der Waals surface area contributed by atoms with Gasteiger partial charge in [-0.1, -0.05) is 60.1 Å². The Bertz CT molecular complexity index is 1100. The Labute approximate surface area is 195 Å². The van der Waals surface area contributed by atoms with E-state index in [9.17, 15) is 14.7 Å². The second-order valence-corrected chi connectivity index (χ2v) is 9.25. The van der Waals surface area contributed by atoms with Crippen molar-refractivity contribution in [2.24, 2.45) is 11.7 Å². The molecular formula is C24H24ClN3O3S. The molecule has 1 aromatic heterocycles. The molecule has 0 saturated carbocycles. The summed E-state index contributed by atoms with van der Waals surface area (Å²) in [5.74, 6) is -2.17. The SMILES string of the molecule is NC1CC[C@H](c2ccccc2)[C@H](CC(=O)O)C(=O)N(c2nc(-c3ccccc3Cl)cs2)C1. The third-order valence-corrected chi connectivity index (χ3v) is 7.02. The largest absolute Gasteiger partial charge is 0.481 e. The number of aliphatic carboxylic acids is 1. The minimum Gasteiger partial charge on any atom is -0.481 e. The number of carbonyl (C=O) groups excluding carboxylic acids is 1. The van der Waals surface area contributed by atoms with Crippen LogP contribution in [0.25, 0.3) is 11.3 Å². The maximum Gasteiger partial charge on any atom is 0.304 e. The summed E-state index contributed by atoms with van der Waals surface area (Å²) in [6.07, 6.45) is 1.10. The number of thiazole rings is 1. The number of aromatic nitrogens is 1. The predicted octanol–water partition coefficient (Wildman–Crippen LogP) is 4.79. The number of nitrogens with two attached hydrogens (primary N) is 1. The molecule has 32 heavy (non-hydrogen) atoms. The van der Waals surface area contributed by atoms with Crippen LogP contribution in [0.2, 0.25) is 5.02 Å². The van der Waals surface area contributed by atoms with Crippen LogP contribution >= 0.6 is 22.9 Å². The van der Waals surface area contributed by atoms with Crippen LogP contribution in [0.4, 0.5) is 5.13 Å². The number of nitrogens with zero attached hydrogens (tertiary/aromatic N) is 2. The second kappa shape index (κ2) is 9.81. The number of hydrogen-bond donors (Lipinski definition) is 2. The van der Waals surface area contributed by atoms with Gasteiger partial charge in [0, 0.05) is 28.6 Å². The van der Waals surface area contributed by atoms with Crippen LogP contribution in [0.3, 0.4) is 0 Å². The Balaban J connectivity index is 1.71. The monoisotopic (exact) mass is 469 g/mol. The summed E-state index contributed by atoms with van der Waals surface area (Å²) in [6.45, 7) is 0.298. The molecule has 0 spiro atoms. The van der Waals surface area contributed by atoms with E-state index in [1.807, 2.05) is 53.9 Å². The van der Waals surface area contributed by atoms with Crippen molar-refractivity contribution in [3.05, 3.63) is 70.6 Å². The molecule has 4 rings (SSSR count). The lowest BCUT2D eigenvalue weighted by Gasteiger charge is -2.35. The van der Waals surface area contributed by atoms with E-state index in [1.165, 1.54) is 11.3 Å². The van der Waals surface area contributed by atoms with Crippen molar-refractivity contribution in [2.45, 2.75) is 31.2 Å². The third kappa shape index (κ3) is 4.85. The number of rotatable bonds is 5. The zero-order valence-electron chi connectivity index (χ0n) is 17.4. The van der Waals surface area contributed by atoms with Crippen LogP contribution in [0.1, 0.15) is 30.7 Å². The summed E-state index contributed by atoms with van der Waals surface area (Å²) in [4.78, 5) is 31.7. The molecule has 166 valence electrons. The first-order chi connectivity index (χ1) is 15.4. The number of carboxylic acid groups (broad SMARTS) is 1. The highest BCUT2D eigenvalue weighted by Gasteiger charge is 2.38. The summed E-state index contributed by atoms with van der Waals surface area (Å²) in [7, 11) is 0. The average molecular weight is 470 g/mol. The van der Waals surface area contributed by atoms with Crippen molar-refractivity contribution in [3.63, 3.8) is 0 Å². The zero-order chi connectivity index (χ0) is 22.7. The molecule has 1 aliphatic rings. The normalized spacial score (nSPS) is 21.8. The van der Waals surface area contributed by atoms with Crippen molar-refractivity contribution < 1.29 is 14.7 Å². The highest BCUT2D eigenvalue weighted by Crippen LogP contribution is 2.38. The Morgan fingerprint density at radius 3 is 2.59 bits per heavy atom.